The lowest BCUT2D eigenvalue weighted by Crippen LogP contribution is -1.92. The first-order valence-corrected chi connectivity index (χ1v) is 5.19. The Labute approximate surface area is 82.8 Å². The van der Waals surface area contributed by atoms with E-state index in [0.717, 1.165) is 12.1 Å². The van der Waals surface area contributed by atoms with Crippen LogP contribution in [0.25, 0.3) is 11.0 Å². The number of fused-ring (bicyclic) bond motifs is 1. The van der Waals surface area contributed by atoms with E-state index < -0.39 is 0 Å². The molecule has 1 saturated carbocycles. The molecule has 0 radical (unpaired) electrons. The summed E-state index contributed by atoms with van der Waals surface area (Å²) >= 11 is 0. The van der Waals surface area contributed by atoms with Crippen molar-refractivity contribution in [3.63, 3.8) is 0 Å². The number of rotatable bonds is 2. The molecule has 3 nitrogen and oxygen atoms in total. The van der Waals surface area contributed by atoms with Crippen LogP contribution in [0.2, 0.25) is 0 Å². The highest BCUT2D eigenvalue weighted by molar-refractivity contribution is 5.79. The molecule has 1 aliphatic rings. The SMILES string of the molecule is CCc1cn(C2CC2)c2ncncc12. The normalized spacial score (nSPS) is 16.4. The lowest BCUT2D eigenvalue weighted by Gasteiger charge is -1.98. The quantitative estimate of drug-likeness (QED) is 0.722. The highest BCUT2D eigenvalue weighted by atomic mass is 15.1. The van der Waals surface area contributed by atoms with Crippen molar-refractivity contribution in [1.82, 2.24) is 14.5 Å². The van der Waals surface area contributed by atoms with Gasteiger partial charge >= 0.3 is 0 Å². The van der Waals surface area contributed by atoms with E-state index in [1.807, 2.05) is 6.20 Å². The van der Waals surface area contributed by atoms with E-state index in [9.17, 15) is 0 Å². The van der Waals surface area contributed by atoms with Gasteiger partial charge in [0.2, 0.25) is 0 Å². The summed E-state index contributed by atoms with van der Waals surface area (Å²) < 4.78 is 2.32. The molecule has 0 unspecified atom stereocenters. The molecule has 0 amide bonds. The molecular formula is C11H13N3. The summed E-state index contributed by atoms with van der Waals surface area (Å²) in [5, 5.41) is 1.22. The minimum absolute atomic E-state index is 0.702. The minimum Gasteiger partial charge on any atom is -0.329 e. The third kappa shape index (κ3) is 1.05. The van der Waals surface area contributed by atoms with Crippen LogP contribution in [0.5, 0.6) is 0 Å². The number of aromatic nitrogens is 3. The van der Waals surface area contributed by atoms with E-state index in [0.29, 0.717) is 6.04 Å². The summed E-state index contributed by atoms with van der Waals surface area (Å²) in [5.74, 6) is 0. The van der Waals surface area contributed by atoms with Gasteiger partial charge in [-0.15, -0.1) is 0 Å². The maximum atomic E-state index is 4.36. The van der Waals surface area contributed by atoms with Crippen molar-refractivity contribution >= 4 is 11.0 Å². The smallest absolute Gasteiger partial charge is 0.143 e. The summed E-state index contributed by atoms with van der Waals surface area (Å²) in [6.45, 7) is 2.18. The molecule has 0 saturated heterocycles. The lowest BCUT2D eigenvalue weighted by atomic mass is 10.2. The number of nitrogens with zero attached hydrogens (tertiary/aromatic N) is 3. The van der Waals surface area contributed by atoms with Crippen molar-refractivity contribution in [2.75, 3.05) is 0 Å². The fourth-order valence-electron chi connectivity index (χ4n) is 1.97. The zero-order valence-electron chi connectivity index (χ0n) is 8.27. The Morgan fingerprint density at radius 2 is 2.36 bits per heavy atom. The van der Waals surface area contributed by atoms with E-state index in [2.05, 4.69) is 27.7 Å². The fourth-order valence-corrected chi connectivity index (χ4v) is 1.97. The Balaban J connectivity index is 2.28. The molecular weight excluding hydrogens is 174 g/mol. The van der Waals surface area contributed by atoms with Crippen LogP contribution in [0.4, 0.5) is 0 Å². The highest BCUT2D eigenvalue weighted by Crippen LogP contribution is 2.38. The van der Waals surface area contributed by atoms with Gasteiger partial charge in [-0.05, 0) is 24.8 Å². The largest absolute Gasteiger partial charge is 0.329 e. The Kier molecular flexibility index (Phi) is 1.60. The molecule has 1 fully saturated rings. The van der Waals surface area contributed by atoms with Crippen molar-refractivity contribution < 1.29 is 0 Å². The third-order valence-corrected chi connectivity index (χ3v) is 2.90. The van der Waals surface area contributed by atoms with E-state index >= 15 is 0 Å². The molecule has 0 atom stereocenters. The van der Waals surface area contributed by atoms with Crippen LogP contribution < -0.4 is 0 Å². The number of aryl methyl sites for hydroxylation is 1. The van der Waals surface area contributed by atoms with Crippen LogP contribution in [0, 0.1) is 0 Å². The average Bonchev–Trinajstić information content (AvgIpc) is 3.00. The summed E-state index contributed by atoms with van der Waals surface area (Å²) in [6.07, 6.45) is 9.48. The Hall–Kier alpha value is -1.38. The second-order valence-electron chi connectivity index (χ2n) is 3.91. The minimum atomic E-state index is 0.702. The first-order chi connectivity index (χ1) is 6.90. The summed E-state index contributed by atoms with van der Waals surface area (Å²) in [6, 6.07) is 0.702. The van der Waals surface area contributed by atoms with E-state index in [-0.39, 0.29) is 0 Å². The molecule has 72 valence electrons. The number of hydrogen-bond acceptors (Lipinski definition) is 2. The van der Waals surface area contributed by atoms with Crippen molar-refractivity contribution in [3.05, 3.63) is 24.3 Å². The van der Waals surface area contributed by atoms with E-state index in [1.54, 1.807) is 6.33 Å². The standard InChI is InChI=1S/C11H13N3/c1-2-8-6-14(9-3-4-9)11-10(8)5-12-7-13-11/h5-7,9H,2-4H2,1H3. The van der Waals surface area contributed by atoms with Crippen LogP contribution >= 0.6 is 0 Å². The van der Waals surface area contributed by atoms with Gasteiger partial charge in [0.25, 0.3) is 0 Å². The monoisotopic (exact) mass is 187 g/mol. The molecule has 2 heterocycles. The van der Waals surface area contributed by atoms with Crippen molar-refractivity contribution in [1.29, 1.82) is 0 Å². The zero-order chi connectivity index (χ0) is 9.54. The van der Waals surface area contributed by atoms with Crippen molar-refractivity contribution in [3.8, 4) is 0 Å². The van der Waals surface area contributed by atoms with E-state index in [4.69, 9.17) is 0 Å². The molecule has 3 heteroatoms. The zero-order valence-corrected chi connectivity index (χ0v) is 8.27. The van der Waals surface area contributed by atoms with Gasteiger partial charge in [-0.25, -0.2) is 9.97 Å². The average molecular weight is 187 g/mol. The van der Waals surface area contributed by atoms with Gasteiger partial charge in [0.1, 0.15) is 12.0 Å². The van der Waals surface area contributed by atoms with Gasteiger partial charge < -0.3 is 4.57 Å². The highest BCUT2D eigenvalue weighted by Gasteiger charge is 2.25. The van der Waals surface area contributed by atoms with Gasteiger partial charge in [-0.3, -0.25) is 0 Å². The summed E-state index contributed by atoms with van der Waals surface area (Å²) in [4.78, 5) is 8.45. The molecule has 0 aromatic carbocycles. The molecule has 0 N–H and O–H groups in total. The number of hydrogen-bond donors (Lipinski definition) is 0. The predicted molar refractivity (Wildman–Crippen MR) is 55.2 cm³/mol. The van der Waals surface area contributed by atoms with Gasteiger partial charge in [-0.2, -0.15) is 0 Å². The third-order valence-electron chi connectivity index (χ3n) is 2.90. The van der Waals surface area contributed by atoms with Crippen LogP contribution in [-0.2, 0) is 6.42 Å². The van der Waals surface area contributed by atoms with E-state index in [1.165, 1.54) is 23.8 Å². The van der Waals surface area contributed by atoms with Crippen molar-refractivity contribution in [2.24, 2.45) is 0 Å². The topological polar surface area (TPSA) is 30.7 Å². The molecule has 2 aromatic heterocycles. The first-order valence-electron chi connectivity index (χ1n) is 5.19. The van der Waals surface area contributed by atoms with Crippen LogP contribution in [0.1, 0.15) is 31.4 Å². The van der Waals surface area contributed by atoms with Gasteiger partial charge in [0.05, 0.1) is 0 Å². The van der Waals surface area contributed by atoms with Crippen LogP contribution in [0.15, 0.2) is 18.7 Å². The van der Waals surface area contributed by atoms with Gasteiger partial charge in [0, 0.05) is 23.8 Å². The molecule has 0 spiro atoms. The fraction of sp³-hybridized carbons (Fsp3) is 0.455. The Bertz CT molecular complexity index is 468. The van der Waals surface area contributed by atoms with Crippen LogP contribution in [-0.4, -0.2) is 14.5 Å². The second-order valence-corrected chi connectivity index (χ2v) is 3.91. The Morgan fingerprint density at radius 1 is 1.50 bits per heavy atom. The Morgan fingerprint density at radius 3 is 3.07 bits per heavy atom. The molecule has 2 aromatic rings. The summed E-state index contributed by atoms with van der Waals surface area (Å²) in [5.41, 5.74) is 2.48. The first kappa shape index (κ1) is 7.97. The van der Waals surface area contributed by atoms with Gasteiger partial charge in [0.15, 0.2) is 0 Å². The maximum Gasteiger partial charge on any atom is 0.143 e. The second kappa shape index (κ2) is 2.80. The van der Waals surface area contributed by atoms with Crippen molar-refractivity contribution in [2.45, 2.75) is 32.2 Å². The lowest BCUT2D eigenvalue weighted by molar-refractivity contribution is 0.761. The predicted octanol–water partition coefficient (Wildman–Crippen LogP) is 2.33. The molecule has 1 aliphatic carbocycles. The van der Waals surface area contributed by atoms with Gasteiger partial charge in [-0.1, -0.05) is 6.92 Å². The molecule has 3 rings (SSSR count). The molecule has 0 bridgehead atoms. The molecule has 14 heavy (non-hydrogen) atoms. The van der Waals surface area contributed by atoms with Crippen LogP contribution in [0.3, 0.4) is 0 Å². The summed E-state index contributed by atoms with van der Waals surface area (Å²) in [7, 11) is 0. The maximum absolute atomic E-state index is 4.36. The molecule has 0 aliphatic heterocycles.